The number of rotatable bonds is 5. The number of urea groups is 1. The summed E-state index contributed by atoms with van der Waals surface area (Å²) >= 11 is 1.58. The first-order chi connectivity index (χ1) is 12.4. The molecule has 9 heteroatoms. The van der Waals surface area contributed by atoms with Gasteiger partial charge in [0.25, 0.3) is 0 Å². The van der Waals surface area contributed by atoms with Crippen LogP contribution in [0.3, 0.4) is 0 Å². The van der Waals surface area contributed by atoms with E-state index in [0.29, 0.717) is 6.54 Å². The van der Waals surface area contributed by atoms with Crippen LogP contribution in [-0.2, 0) is 12.7 Å². The molecule has 0 unspecified atom stereocenters. The van der Waals surface area contributed by atoms with Gasteiger partial charge in [-0.15, -0.1) is 0 Å². The standard InChI is InChI=1S/C17H15F3N4OS/c18-17(19,20)13-2-1-3-14(10-13)22-16(25)21-6-8-24-7-4-15(23-24)12-5-9-26-11-12/h1-5,7,9-11H,6,8H2,(H2,21,22,25). The van der Waals surface area contributed by atoms with Crippen molar-refractivity contribution in [1.29, 1.82) is 0 Å². The molecule has 0 spiro atoms. The van der Waals surface area contributed by atoms with Crippen molar-refractivity contribution in [2.75, 3.05) is 11.9 Å². The number of benzene rings is 1. The number of alkyl halides is 3. The molecule has 2 amide bonds. The summed E-state index contributed by atoms with van der Waals surface area (Å²) in [5.74, 6) is 0. The molecule has 3 aromatic rings. The van der Waals surface area contributed by atoms with Gasteiger partial charge in [0.1, 0.15) is 0 Å². The molecule has 2 N–H and O–H groups in total. The number of nitrogens with zero attached hydrogens (tertiary/aromatic N) is 2. The van der Waals surface area contributed by atoms with Crippen LogP contribution in [0.25, 0.3) is 11.3 Å². The average Bonchev–Trinajstić information content (AvgIpc) is 3.25. The number of halogens is 3. The molecular formula is C17H15F3N4OS. The largest absolute Gasteiger partial charge is 0.416 e. The van der Waals surface area contributed by atoms with Gasteiger partial charge in [0.15, 0.2) is 0 Å². The number of carbonyl (C=O) groups excluding carboxylic acids is 1. The van der Waals surface area contributed by atoms with Crippen molar-refractivity contribution in [3.63, 3.8) is 0 Å². The second-order valence-corrected chi connectivity index (χ2v) is 6.22. The normalized spacial score (nSPS) is 11.3. The summed E-state index contributed by atoms with van der Waals surface area (Å²) in [6.07, 6.45) is -2.65. The van der Waals surface area contributed by atoms with E-state index in [1.807, 2.05) is 22.9 Å². The third kappa shape index (κ3) is 4.63. The highest BCUT2D eigenvalue weighted by molar-refractivity contribution is 7.08. The summed E-state index contributed by atoms with van der Waals surface area (Å²) in [7, 11) is 0. The summed E-state index contributed by atoms with van der Waals surface area (Å²) in [5, 5.41) is 13.3. The number of hydrogen-bond acceptors (Lipinski definition) is 3. The first-order valence-electron chi connectivity index (χ1n) is 7.70. The second-order valence-electron chi connectivity index (χ2n) is 5.44. The smallest absolute Gasteiger partial charge is 0.336 e. The Bertz CT molecular complexity index is 874. The predicted octanol–water partition coefficient (Wildman–Crippen LogP) is 4.45. The van der Waals surface area contributed by atoms with Crippen molar-refractivity contribution in [2.24, 2.45) is 0 Å². The van der Waals surface area contributed by atoms with Gasteiger partial charge in [-0.05, 0) is 35.7 Å². The summed E-state index contributed by atoms with van der Waals surface area (Å²) in [6, 6.07) is 7.76. The highest BCUT2D eigenvalue weighted by Crippen LogP contribution is 2.30. The van der Waals surface area contributed by atoms with Gasteiger partial charge in [0, 0.05) is 29.4 Å². The Morgan fingerprint density at radius 3 is 2.81 bits per heavy atom. The molecule has 5 nitrogen and oxygen atoms in total. The summed E-state index contributed by atoms with van der Waals surface area (Å²) in [5.41, 5.74) is 1.15. The van der Waals surface area contributed by atoms with E-state index in [2.05, 4.69) is 15.7 Å². The molecule has 3 rings (SSSR count). The molecule has 0 aliphatic rings. The molecule has 0 aliphatic heterocycles. The van der Waals surface area contributed by atoms with Crippen molar-refractivity contribution < 1.29 is 18.0 Å². The lowest BCUT2D eigenvalue weighted by Crippen LogP contribution is -2.31. The Morgan fingerprint density at radius 2 is 2.08 bits per heavy atom. The third-order valence-corrected chi connectivity index (χ3v) is 4.22. The van der Waals surface area contributed by atoms with Crippen LogP contribution in [0.15, 0.2) is 53.4 Å². The number of hydrogen-bond donors (Lipinski definition) is 2. The molecule has 0 bridgehead atoms. The van der Waals surface area contributed by atoms with Crippen LogP contribution in [0.1, 0.15) is 5.56 Å². The number of thiophene rings is 1. The van der Waals surface area contributed by atoms with E-state index in [9.17, 15) is 18.0 Å². The fourth-order valence-corrected chi connectivity index (χ4v) is 2.93. The molecule has 0 saturated carbocycles. The second kappa shape index (κ2) is 7.61. The molecule has 0 saturated heterocycles. The maximum absolute atomic E-state index is 12.7. The van der Waals surface area contributed by atoms with Gasteiger partial charge in [-0.1, -0.05) is 6.07 Å². The van der Waals surface area contributed by atoms with Crippen LogP contribution in [0.5, 0.6) is 0 Å². The van der Waals surface area contributed by atoms with Crippen LogP contribution in [-0.4, -0.2) is 22.4 Å². The molecule has 0 fully saturated rings. The van der Waals surface area contributed by atoms with E-state index in [1.54, 1.807) is 22.2 Å². The van der Waals surface area contributed by atoms with E-state index in [0.717, 1.165) is 23.4 Å². The van der Waals surface area contributed by atoms with Crippen molar-refractivity contribution in [1.82, 2.24) is 15.1 Å². The van der Waals surface area contributed by atoms with E-state index in [4.69, 9.17) is 0 Å². The third-order valence-electron chi connectivity index (χ3n) is 3.53. The highest BCUT2D eigenvalue weighted by atomic mass is 32.1. The first kappa shape index (κ1) is 18.0. The Hall–Kier alpha value is -2.81. The monoisotopic (exact) mass is 380 g/mol. The SMILES string of the molecule is O=C(NCCn1ccc(-c2ccsc2)n1)Nc1cccc(C(F)(F)F)c1. The van der Waals surface area contributed by atoms with Gasteiger partial charge < -0.3 is 10.6 Å². The van der Waals surface area contributed by atoms with E-state index in [1.165, 1.54) is 12.1 Å². The van der Waals surface area contributed by atoms with Crippen LogP contribution in [0.4, 0.5) is 23.7 Å². The predicted molar refractivity (Wildman–Crippen MR) is 94.0 cm³/mol. The zero-order valence-electron chi connectivity index (χ0n) is 13.5. The summed E-state index contributed by atoms with van der Waals surface area (Å²) in [6.45, 7) is 0.732. The Morgan fingerprint density at radius 1 is 1.23 bits per heavy atom. The van der Waals surface area contributed by atoms with Crippen molar-refractivity contribution in [3.05, 3.63) is 58.9 Å². The maximum Gasteiger partial charge on any atom is 0.416 e. The van der Waals surface area contributed by atoms with E-state index in [-0.39, 0.29) is 12.2 Å². The quantitative estimate of drug-likeness (QED) is 0.687. The fraction of sp³-hybridized carbons (Fsp3) is 0.176. The number of carbonyl (C=O) groups is 1. The van der Waals surface area contributed by atoms with Gasteiger partial charge in [-0.3, -0.25) is 4.68 Å². The lowest BCUT2D eigenvalue weighted by molar-refractivity contribution is -0.137. The zero-order chi connectivity index (χ0) is 18.6. The van der Waals surface area contributed by atoms with Crippen LogP contribution < -0.4 is 10.6 Å². The zero-order valence-corrected chi connectivity index (χ0v) is 14.3. The lowest BCUT2D eigenvalue weighted by Gasteiger charge is -2.10. The number of anilines is 1. The van der Waals surface area contributed by atoms with Gasteiger partial charge in [0.2, 0.25) is 0 Å². The molecule has 26 heavy (non-hydrogen) atoms. The van der Waals surface area contributed by atoms with E-state index < -0.39 is 17.8 Å². The molecule has 0 radical (unpaired) electrons. The van der Waals surface area contributed by atoms with E-state index >= 15 is 0 Å². The van der Waals surface area contributed by atoms with Gasteiger partial charge in [0.05, 0.1) is 17.8 Å². The minimum atomic E-state index is -4.45. The lowest BCUT2D eigenvalue weighted by atomic mass is 10.2. The molecule has 2 heterocycles. The molecule has 2 aromatic heterocycles. The van der Waals surface area contributed by atoms with Crippen molar-refractivity contribution in [3.8, 4) is 11.3 Å². The highest BCUT2D eigenvalue weighted by Gasteiger charge is 2.30. The van der Waals surface area contributed by atoms with Gasteiger partial charge in [-0.2, -0.15) is 29.6 Å². The van der Waals surface area contributed by atoms with Crippen molar-refractivity contribution >= 4 is 23.1 Å². The molecule has 1 aromatic carbocycles. The van der Waals surface area contributed by atoms with Crippen molar-refractivity contribution in [2.45, 2.75) is 12.7 Å². The van der Waals surface area contributed by atoms with Crippen LogP contribution >= 0.6 is 11.3 Å². The number of aromatic nitrogens is 2. The number of amides is 2. The average molecular weight is 380 g/mol. The van der Waals surface area contributed by atoms with Gasteiger partial charge >= 0.3 is 12.2 Å². The Labute approximate surface area is 151 Å². The summed E-state index contributed by atoms with van der Waals surface area (Å²) in [4.78, 5) is 11.8. The van der Waals surface area contributed by atoms with Crippen LogP contribution in [0, 0.1) is 0 Å². The number of nitrogens with one attached hydrogen (secondary N) is 2. The fourth-order valence-electron chi connectivity index (χ4n) is 2.28. The molecule has 0 atom stereocenters. The molecule has 136 valence electrons. The Kier molecular flexibility index (Phi) is 5.27. The molecule has 0 aliphatic carbocycles. The maximum atomic E-state index is 12.7. The first-order valence-corrected chi connectivity index (χ1v) is 8.64. The Balaban J connectivity index is 1.49. The van der Waals surface area contributed by atoms with Crippen LogP contribution in [0.2, 0.25) is 0 Å². The summed E-state index contributed by atoms with van der Waals surface area (Å²) < 4.78 is 39.7. The van der Waals surface area contributed by atoms with Gasteiger partial charge in [-0.25, -0.2) is 4.79 Å². The topological polar surface area (TPSA) is 59.0 Å². The minimum Gasteiger partial charge on any atom is -0.336 e. The minimum absolute atomic E-state index is 0.0798. The molecular weight excluding hydrogens is 365 g/mol.